The lowest BCUT2D eigenvalue weighted by Crippen LogP contribution is -2.37. The number of likely N-dealkylation sites (N-methyl/N-ethyl adjacent to an activating group) is 1. The molecule has 1 aliphatic carbocycles. The average Bonchev–Trinajstić information content (AvgIpc) is 3.67. The van der Waals surface area contributed by atoms with Gasteiger partial charge in [-0.25, -0.2) is 18.6 Å². The molecule has 430 valence electrons. The topological polar surface area (TPSA) is 219 Å². The number of halogens is 4. The Labute approximate surface area is 446 Å². The number of carbonyl (C=O) groups excluding carboxylic acids is 3. The summed E-state index contributed by atoms with van der Waals surface area (Å²) in [4.78, 5) is 48.1. The zero-order chi connectivity index (χ0) is 54.6. The van der Waals surface area contributed by atoms with Crippen LogP contribution in [0.2, 0.25) is 0 Å². The SMILES string of the molecule is CCCN(CCCNC(=O)OC1CCC1)C(=O)C1=Cc2sc(CN(C)CCOCCOCCOCCOCCOCCOCCOCCOCCOCCOCCC(=O)Oc3c(F)c(F)cc(F)c3F)cc2N=C(N)C1. The average molecular weight is 1110 g/mol. The van der Waals surface area contributed by atoms with Crippen LogP contribution in [0, 0.1) is 23.3 Å². The number of hydrogen-bond acceptors (Lipinski definition) is 19. The van der Waals surface area contributed by atoms with Crippen LogP contribution in [0.5, 0.6) is 5.75 Å². The number of hydrogen-bond donors (Lipinski definition) is 2. The number of nitrogens with two attached hydrogens (primary N) is 1. The van der Waals surface area contributed by atoms with Crippen molar-refractivity contribution in [2.24, 2.45) is 10.7 Å². The van der Waals surface area contributed by atoms with Gasteiger partial charge in [0, 0.05) is 55.7 Å². The molecule has 1 fully saturated rings. The maximum Gasteiger partial charge on any atom is 0.407 e. The Balaban J connectivity index is 0.859. The molecule has 25 heteroatoms. The van der Waals surface area contributed by atoms with Gasteiger partial charge in [-0.3, -0.25) is 14.5 Å². The lowest BCUT2D eigenvalue weighted by atomic mass is 9.96. The van der Waals surface area contributed by atoms with Crippen molar-refractivity contribution in [2.75, 3.05) is 165 Å². The number of rotatable bonds is 44. The quantitative estimate of drug-likeness (QED) is 0.0272. The zero-order valence-corrected chi connectivity index (χ0v) is 44.7. The molecule has 20 nitrogen and oxygen atoms in total. The third kappa shape index (κ3) is 26.8. The number of esters is 1. The zero-order valence-electron chi connectivity index (χ0n) is 43.9. The van der Waals surface area contributed by atoms with Crippen molar-refractivity contribution >= 4 is 46.9 Å². The molecule has 1 aromatic heterocycles. The number of ether oxygens (including phenoxy) is 12. The molecular formula is C51H77F4N5O15S. The van der Waals surface area contributed by atoms with Crippen LogP contribution in [0.4, 0.5) is 28.0 Å². The van der Waals surface area contributed by atoms with Crippen molar-refractivity contribution in [2.45, 2.75) is 64.5 Å². The summed E-state index contributed by atoms with van der Waals surface area (Å²) >= 11 is 1.60. The third-order valence-electron chi connectivity index (χ3n) is 11.1. The van der Waals surface area contributed by atoms with Crippen LogP contribution in [-0.4, -0.2) is 205 Å². The van der Waals surface area contributed by atoms with Gasteiger partial charge in [0.1, 0.15) is 11.9 Å². The first kappa shape index (κ1) is 64.1. The molecule has 3 N–H and O–H groups in total. The molecule has 0 radical (unpaired) electrons. The summed E-state index contributed by atoms with van der Waals surface area (Å²) in [5.41, 5.74) is 7.67. The van der Waals surface area contributed by atoms with Crippen molar-refractivity contribution in [1.82, 2.24) is 15.1 Å². The number of nitrogens with one attached hydrogen (secondary N) is 1. The van der Waals surface area contributed by atoms with E-state index in [1.54, 1.807) is 11.3 Å². The summed E-state index contributed by atoms with van der Waals surface area (Å²) in [7, 11) is 2.03. The molecule has 1 aliphatic heterocycles. The van der Waals surface area contributed by atoms with Crippen molar-refractivity contribution < 1.29 is 88.8 Å². The third-order valence-corrected chi connectivity index (χ3v) is 12.2. The second-order valence-corrected chi connectivity index (χ2v) is 18.5. The number of alkyl carbamates (subject to hydrolysis) is 1. The Morgan fingerprint density at radius 2 is 1.17 bits per heavy atom. The number of thiophene rings is 1. The largest absolute Gasteiger partial charge is 0.446 e. The number of amides is 2. The highest BCUT2D eigenvalue weighted by Gasteiger charge is 2.25. The summed E-state index contributed by atoms with van der Waals surface area (Å²) < 4.78 is 118. The lowest BCUT2D eigenvalue weighted by Gasteiger charge is -2.25. The predicted molar refractivity (Wildman–Crippen MR) is 273 cm³/mol. The fourth-order valence-corrected chi connectivity index (χ4v) is 8.14. The van der Waals surface area contributed by atoms with Crippen molar-refractivity contribution in [3.8, 4) is 5.75 Å². The number of benzene rings is 1. The van der Waals surface area contributed by atoms with E-state index in [1.165, 1.54) is 0 Å². The first-order chi connectivity index (χ1) is 36.9. The molecular weight excluding hydrogens is 1030 g/mol. The van der Waals surface area contributed by atoms with Gasteiger partial charge in [0.05, 0.1) is 149 Å². The van der Waals surface area contributed by atoms with Crippen molar-refractivity contribution in [1.29, 1.82) is 0 Å². The van der Waals surface area contributed by atoms with Gasteiger partial charge < -0.3 is 72.8 Å². The minimum Gasteiger partial charge on any atom is -0.446 e. The number of carbonyl (C=O) groups is 3. The highest BCUT2D eigenvalue weighted by Crippen LogP contribution is 2.35. The number of aliphatic imine (C=N–C) groups is 1. The molecule has 0 saturated heterocycles. The lowest BCUT2D eigenvalue weighted by molar-refractivity contribution is -0.136. The van der Waals surface area contributed by atoms with Gasteiger partial charge in [-0.05, 0) is 51.3 Å². The number of nitrogens with zero attached hydrogens (tertiary/aromatic N) is 3. The van der Waals surface area contributed by atoms with E-state index in [4.69, 9.17) is 57.8 Å². The monoisotopic (exact) mass is 1110 g/mol. The molecule has 2 amide bonds. The van der Waals surface area contributed by atoms with Crippen molar-refractivity contribution in [3.63, 3.8) is 0 Å². The first-order valence-electron chi connectivity index (χ1n) is 25.8. The molecule has 0 bridgehead atoms. The Morgan fingerprint density at radius 3 is 1.64 bits per heavy atom. The highest BCUT2D eigenvalue weighted by molar-refractivity contribution is 7.13. The normalized spacial score (nSPS) is 13.5. The van der Waals surface area contributed by atoms with Gasteiger partial charge in [0.15, 0.2) is 11.6 Å². The molecule has 2 aliphatic rings. The van der Waals surface area contributed by atoms with E-state index in [0.717, 1.165) is 47.7 Å². The Kier molecular flexibility index (Phi) is 33.0. The summed E-state index contributed by atoms with van der Waals surface area (Å²) in [6.45, 7) is 12.3. The van der Waals surface area contributed by atoms with Crippen LogP contribution in [-0.2, 0) is 68.2 Å². The Morgan fingerprint density at radius 1 is 0.684 bits per heavy atom. The fourth-order valence-electron chi connectivity index (χ4n) is 6.99. The summed E-state index contributed by atoms with van der Waals surface area (Å²) in [6.07, 6.45) is 5.80. The van der Waals surface area contributed by atoms with Crippen LogP contribution >= 0.6 is 11.3 Å². The summed E-state index contributed by atoms with van der Waals surface area (Å²) in [6, 6.07) is 2.05. The van der Waals surface area contributed by atoms with Crippen LogP contribution in [0.25, 0.3) is 6.08 Å². The summed E-state index contributed by atoms with van der Waals surface area (Å²) in [5.74, 6) is -9.18. The second kappa shape index (κ2) is 39.1. The van der Waals surface area contributed by atoms with Crippen LogP contribution < -0.4 is 15.8 Å². The molecule has 4 rings (SSSR count). The minimum absolute atomic E-state index is 0.0166. The van der Waals surface area contributed by atoms with E-state index in [9.17, 15) is 31.9 Å². The van der Waals surface area contributed by atoms with E-state index in [1.807, 2.05) is 31.0 Å². The number of amidine groups is 1. The molecule has 2 aromatic rings. The van der Waals surface area contributed by atoms with E-state index in [0.29, 0.717) is 156 Å². The molecule has 0 atom stereocenters. The predicted octanol–water partition coefficient (Wildman–Crippen LogP) is 5.58. The van der Waals surface area contributed by atoms with Crippen LogP contribution in [0.1, 0.15) is 61.6 Å². The van der Waals surface area contributed by atoms with Gasteiger partial charge in [-0.1, -0.05) is 6.92 Å². The van der Waals surface area contributed by atoms with Gasteiger partial charge in [0.2, 0.25) is 23.3 Å². The summed E-state index contributed by atoms with van der Waals surface area (Å²) in [5, 5.41) is 2.80. The second-order valence-electron chi connectivity index (χ2n) is 17.3. The van der Waals surface area contributed by atoms with E-state index >= 15 is 0 Å². The van der Waals surface area contributed by atoms with E-state index in [2.05, 4.69) is 19.9 Å². The molecule has 2 heterocycles. The fraction of sp³-hybridized carbons (Fsp3) is 0.686. The van der Waals surface area contributed by atoms with E-state index < -0.39 is 47.5 Å². The molecule has 0 spiro atoms. The molecule has 76 heavy (non-hydrogen) atoms. The number of fused-ring (bicyclic) bond motifs is 1. The van der Waals surface area contributed by atoms with Crippen molar-refractivity contribution in [3.05, 3.63) is 50.7 Å². The van der Waals surface area contributed by atoms with E-state index in [-0.39, 0.29) is 44.3 Å². The molecule has 1 aromatic carbocycles. The molecule has 0 unspecified atom stereocenters. The Hall–Kier alpha value is -4.38. The maximum atomic E-state index is 13.7. The first-order valence-corrected chi connectivity index (χ1v) is 26.7. The van der Waals surface area contributed by atoms with Gasteiger partial charge >= 0.3 is 12.1 Å². The molecule has 1 saturated carbocycles. The highest BCUT2D eigenvalue weighted by atomic mass is 32.1. The van der Waals surface area contributed by atoms with Gasteiger partial charge in [-0.2, -0.15) is 8.78 Å². The Bertz CT molecular complexity index is 2030. The van der Waals surface area contributed by atoms with Crippen LogP contribution in [0.15, 0.2) is 22.7 Å². The maximum absolute atomic E-state index is 13.7. The minimum atomic E-state index is -1.80. The van der Waals surface area contributed by atoms with Gasteiger partial charge in [-0.15, -0.1) is 11.3 Å². The van der Waals surface area contributed by atoms with Gasteiger partial charge in [0.25, 0.3) is 0 Å². The smallest absolute Gasteiger partial charge is 0.407 e. The standard InChI is InChI=1S/C51H77F4N5O15S/c1-3-10-60(11-5-9-57-51(63)74-39-6-4-7-39)50(62)38-33-44-43(58-45(56)34-38)35-40(76-44)37-59(2)12-14-65-16-18-67-20-22-69-24-26-71-28-30-73-32-31-72-29-27-70-25-23-68-21-19-66-17-15-64-13-8-46(61)75-49-47(54)41(52)36-42(53)48(49)55/h33,35-36,39H,3-32,34,37H2,1-2H3,(H2,56,58)(H,57,63). The van der Waals surface area contributed by atoms with Crippen LogP contribution in [0.3, 0.4) is 0 Å².